The quantitative estimate of drug-likeness (QED) is 0.621. The summed E-state index contributed by atoms with van der Waals surface area (Å²) in [5.41, 5.74) is 1.31. The SMILES string of the molecule is Cc1ccc(OC[C@]2(O)COCCN(Cc3ccc(OCCN4CCOCC4)cc3)C2)cc1. The molecule has 0 aliphatic carbocycles. The van der Waals surface area contributed by atoms with Crippen LogP contribution in [0.15, 0.2) is 48.5 Å². The van der Waals surface area contributed by atoms with Gasteiger partial charge in [0.25, 0.3) is 0 Å². The minimum Gasteiger partial charge on any atom is -0.492 e. The van der Waals surface area contributed by atoms with Gasteiger partial charge in [-0.1, -0.05) is 29.8 Å². The van der Waals surface area contributed by atoms with Crippen molar-refractivity contribution < 1.29 is 24.1 Å². The van der Waals surface area contributed by atoms with Gasteiger partial charge < -0.3 is 24.1 Å². The van der Waals surface area contributed by atoms with Crippen LogP contribution >= 0.6 is 0 Å². The molecule has 0 amide bonds. The van der Waals surface area contributed by atoms with Crippen LogP contribution in [0.1, 0.15) is 11.1 Å². The summed E-state index contributed by atoms with van der Waals surface area (Å²) in [4.78, 5) is 4.59. The minimum absolute atomic E-state index is 0.197. The molecule has 0 unspecified atom stereocenters. The van der Waals surface area contributed by atoms with E-state index in [1.807, 2.05) is 43.3 Å². The van der Waals surface area contributed by atoms with Crippen molar-refractivity contribution in [3.05, 3.63) is 59.7 Å². The summed E-state index contributed by atoms with van der Waals surface area (Å²) in [7, 11) is 0. The summed E-state index contributed by atoms with van der Waals surface area (Å²) in [6, 6.07) is 16.1. The Hall–Kier alpha value is -2.16. The third kappa shape index (κ3) is 7.69. The van der Waals surface area contributed by atoms with E-state index < -0.39 is 5.60 Å². The minimum atomic E-state index is -1.05. The van der Waals surface area contributed by atoms with E-state index in [-0.39, 0.29) is 13.2 Å². The number of hydrogen-bond acceptors (Lipinski definition) is 7. The molecule has 2 saturated heterocycles. The first-order valence-electron chi connectivity index (χ1n) is 11.8. The number of aryl methyl sites for hydroxylation is 1. The Bertz CT molecular complexity index is 839. The largest absolute Gasteiger partial charge is 0.492 e. The van der Waals surface area contributed by atoms with Crippen molar-refractivity contribution >= 4 is 0 Å². The lowest BCUT2D eigenvalue weighted by atomic mass is 10.1. The van der Waals surface area contributed by atoms with E-state index in [2.05, 4.69) is 21.9 Å². The fraction of sp³-hybridized carbons (Fsp3) is 0.538. The number of hydrogen-bond donors (Lipinski definition) is 1. The second-order valence-electron chi connectivity index (χ2n) is 9.04. The highest BCUT2D eigenvalue weighted by Crippen LogP contribution is 2.20. The summed E-state index contributed by atoms with van der Waals surface area (Å²) >= 11 is 0. The molecule has 0 bridgehead atoms. The predicted molar refractivity (Wildman–Crippen MR) is 127 cm³/mol. The highest BCUT2D eigenvalue weighted by molar-refractivity contribution is 5.28. The highest BCUT2D eigenvalue weighted by atomic mass is 16.5. The molecule has 0 saturated carbocycles. The van der Waals surface area contributed by atoms with Gasteiger partial charge in [0.1, 0.15) is 30.3 Å². The van der Waals surface area contributed by atoms with Crippen LogP contribution in [-0.2, 0) is 16.0 Å². The molecule has 0 radical (unpaired) electrons. The lowest BCUT2D eigenvalue weighted by Gasteiger charge is -2.30. The Morgan fingerprint density at radius 1 is 0.848 bits per heavy atom. The van der Waals surface area contributed by atoms with Crippen LogP contribution in [0.25, 0.3) is 0 Å². The standard InChI is InChI=1S/C26H36N2O5/c1-22-2-6-25(7-3-22)33-21-26(29)19-28(12-16-31-20-26)18-23-4-8-24(9-5-23)32-17-13-27-10-14-30-15-11-27/h2-9,29H,10-21H2,1H3/t26-/m1/s1. The molecule has 1 N–H and O–H groups in total. The summed E-state index contributed by atoms with van der Waals surface area (Å²) in [6.45, 7) is 10.3. The first-order valence-corrected chi connectivity index (χ1v) is 11.8. The Morgan fingerprint density at radius 3 is 2.24 bits per heavy atom. The first kappa shape index (κ1) is 24.0. The normalized spacial score (nSPS) is 22.6. The highest BCUT2D eigenvalue weighted by Gasteiger charge is 2.33. The van der Waals surface area contributed by atoms with E-state index in [9.17, 15) is 5.11 Å². The van der Waals surface area contributed by atoms with Gasteiger partial charge in [-0.3, -0.25) is 9.80 Å². The van der Waals surface area contributed by atoms with Crippen LogP contribution in [0.3, 0.4) is 0 Å². The summed E-state index contributed by atoms with van der Waals surface area (Å²) in [5, 5.41) is 11.1. The lowest BCUT2D eigenvalue weighted by molar-refractivity contribution is -0.0646. The van der Waals surface area contributed by atoms with Gasteiger partial charge in [0.15, 0.2) is 0 Å². The first-order chi connectivity index (χ1) is 16.1. The average Bonchev–Trinajstić information content (AvgIpc) is 3.02. The van der Waals surface area contributed by atoms with E-state index in [1.54, 1.807) is 0 Å². The third-order valence-electron chi connectivity index (χ3n) is 6.08. The van der Waals surface area contributed by atoms with Crippen LogP contribution in [0.4, 0.5) is 0 Å². The zero-order valence-electron chi connectivity index (χ0n) is 19.6. The molecule has 0 spiro atoms. The molecule has 2 aromatic carbocycles. The Kier molecular flexibility index (Phi) is 8.58. The molecule has 33 heavy (non-hydrogen) atoms. The van der Waals surface area contributed by atoms with E-state index in [1.165, 1.54) is 11.1 Å². The van der Waals surface area contributed by atoms with Crippen LogP contribution in [0, 0.1) is 6.92 Å². The second-order valence-corrected chi connectivity index (χ2v) is 9.04. The zero-order valence-corrected chi connectivity index (χ0v) is 19.6. The summed E-state index contributed by atoms with van der Waals surface area (Å²) in [6.07, 6.45) is 0. The van der Waals surface area contributed by atoms with E-state index in [4.69, 9.17) is 18.9 Å². The smallest absolute Gasteiger partial charge is 0.134 e. The van der Waals surface area contributed by atoms with Crippen molar-refractivity contribution in [3.63, 3.8) is 0 Å². The van der Waals surface area contributed by atoms with Gasteiger partial charge in [0.05, 0.1) is 26.4 Å². The van der Waals surface area contributed by atoms with Gasteiger partial charge in [0.2, 0.25) is 0 Å². The molecule has 2 fully saturated rings. The Labute approximate surface area is 196 Å². The zero-order chi connectivity index (χ0) is 22.9. The van der Waals surface area contributed by atoms with Gasteiger partial charge >= 0.3 is 0 Å². The second kappa shape index (κ2) is 11.8. The van der Waals surface area contributed by atoms with Gasteiger partial charge in [-0.05, 0) is 36.8 Å². The average molecular weight is 457 g/mol. The molecule has 1 atom stereocenters. The van der Waals surface area contributed by atoms with Crippen molar-refractivity contribution in [1.29, 1.82) is 0 Å². The number of benzene rings is 2. The van der Waals surface area contributed by atoms with Gasteiger partial charge in [-0.2, -0.15) is 0 Å². The topological polar surface area (TPSA) is 63.6 Å². The number of β-amino-alcohol motifs (C(OH)–C–C–N with tert-alkyl or cyclic N) is 1. The van der Waals surface area contributed by atoms with Crippen LogP contribution in [-0.4, -0.2) is 92.9 Å². The maximum atomic E-state index is 11.1. The fourth-order valence-corrected chi connectivity index (χ4v) is 4.14. The maximum absolute atomic E-state index is 11.1. The third-order valence-corrected chi connectivity index (χ3v) is 6.08. The van der Waals surface area contributed by atoms with Gasteiger partial charge in [-0.15, -0.1) is 0 Å². The van der Waals surface area contributed by atoms with Crippen molar-refractivity contribution in [3.8, 4) is 11.5 Å². The monoisotopic (exact) mass is 456 g/mol. The van der Waals surface area contributed by atoms with Crippen molar-refractivity contribution in [1.82, 2.24) is 9.80 Å². The number of nitrogens with zero attached hydrogens (tertiary/aromatic N) is 2. The van der Waals surface area contributed by atoms with Gasteiger partial charge in [-0.25, -0.2) is 0 Å². The van der Waals surface area contributed by atoms with Crippen molar-refractivity contribution in [2.75, 3.05) is 72.4 Å². The van der Waals surface area contributed by atoms with Crippen molar-refractivity contribution in [2.24, 2.45) is 0 Å². The maximum Gasteiger partial charge on any atom is 0.134 e. The molecule has 2 aliphatic heterocycles. The molecule has 0 aromatic heterocycles. The Morgan fingerprint density at radius 2 is 1.48 bits per heavy atom. The molecule has 7 heteroatoms. The molecule has 2 heterocycles. The number of ether oxygens (including phenoxy) is 4. The van der Waals surface area contributed by atoms with E-state index in [0.29, 0.717) is 19.8 Å². The number of rotatable bonds is 9. The van der Waals surface area contributed by atoms with E-state index in [0.717, 1.165) is 57.4 Å². The number of aliphatic hydroxyl groups is 1. The Balaban J connectivity index is 1.25. The number of morpholine rings is 1. The lowest BCUT2D eigenvalue weighted by Crippen LogP contribution is -2.48. The predicted octanol–water partition coefficient (Wildman–Crippen LogP) is 2.35. The molecule has 180 valence electrons. The van der Waals surface area contributed by atoms with Crippen LogP contribution in [0.5, 0.6) is 11.5 Å². The summed E-state index contributed by atoms with van der Waals surface area (Å²) < 4.78 is 22.9. The van der Waals surface area contributed by atoms with Gasteiger partial charge in [0, 0.05) is 39.3 Å². The van der Waals surface area contributed by atoms with E-state index >= 15 is 0 Å². The molecular weight excluding hydrogens is 420 g/mol. The fourth-order valence-electron chi connectivity index (χ4n) is 4.14. The molecule has 2 aliphatic rings. The molecular formula is C26H36N2O5. The summed E-state index contributed by atoms with van der Waals surface area (Å²) in [5.74, 6) is 1.64. The van der Waals surface area contributed by atoms with Crippen molar-refractivity contribution in [2.45, 2.75) is 19.1 Å². The molecule has 4 rings (SSSR count). The van der Waals surface area contributed by atoms with Crippen LogP contribution in [0.2, 0.25) is 0 Å². The molecule has 7 nitrogen and oxygen atoms in total. The van der Waals surface area contributed by atoms with Crippen LogP contribution < -0.4 is 9.47 Å². The molecule has 2 aromatic rings.